The van der Waals surface area contributed by atoms with E-state index in [4.69, 9.17) is 19.4 Å². The first-order valence-corrected chi connectivity index (χ1v) is 12.5. The number of fused-ring (bicyclic) bond motifs is 1. The quantitative estimate of drug-likeness (QED) is 0.348. The molecule has 4 aromatic rings. The Morgan fingerprint density at radius 1 is 1.08 bits per heavy atom. The van der Waals surface area contributed by atoms with E-state index < -0.39 is 0 Å². The van der Waals surface area contributed by atoms with Gasteiger partial charge in [-0.3, -0.25) is 4.98 Å². The number of anilines is 4. The van der Waals surface area contributed by atoms with Gasteiger partial charge in [0.1, 0.15) is 23.2 Å². The third kappa shape index (κ3) is 5.09. The minimum absolute atomic E-state index is 0.284. The summed E-state index contributed by atoms with van der Waals surface area (Å²) in [5, 5.41) is 11.1. The Balaban J connectivity index is 1.28. The Morgan fingerprint density at radius 2 is 2.00 bits per heavy atom. The van der Waals surface area contributed by atoms with Gasteiger partial charge in [-0.15, -0.1) is 0 Å². The number of hydrogen-bond acceptors (Lipinski definition) is 11. The topological polar surface area (TPSA) is 122 Å². The Hall–Kier alpha value is -4.09. The largest absolute Gasteiger partial charge is 0.494 e. The molecule has 11 nitrogen and oxygen atoms in total. The van der Waals surface area contributed by atoms with Gasteiger partial charge in [0, 0.05) is 37.4 Å². The van der Waals surface area contributed by atoms with Crippen LogP contribution in [-0.2, 0) is 4.74 Å². The van der Waals surface area contributed by atoms with Crippen LogP contribution in [0.4, 0.5) is 23.1 Å². The molecule has 6 rings (SSSR count). The van der Waals surface area contributed by atoms with Crippen molar-refractivity contribution in [2.24, 2.45) is 0 Å². The fraction of sp³-hybridized carbons (Fsp3) is 0.346. The van der Waals surface area contributed by atoms with Crippen LogP contribution in [0.2, 0.25) is 0 Å². The number of aromatic nitrogens is 5. The van der Waals surface area contributed by atoms with Crippen molar-refractivity contribution in [3.63, 3.8) is 0 Å². The van der Waals surface area contributed by atoms with Gasteiger partial charge in [-0.2, -0.15) is 0 Å². The van der Waals surface area contributed by atoms with Crippen LogP contribution in [0.5, 0.6) is 5.75 Å². The van der Waals surface area contributed by atoms with E-state index in [-0.39, 0.29) is 6.04 Å². The molecule has 0 amide bonds. The second kappa shape index (κ2) is 10.5. The number of nitrogens with one attached hydrogen (secondary N) is 3. The fourth-order valence-electron chi connectivity index (χ4n) is 4.64. The smallest absolute Gasteiger partial charge is 0.162 e. The first-order valence-electron chi connectivity index (χ1n) is 12.5. The standard InChI is InChI=1S/C26H29N9O2/c1-36-21-16-28-15-20-24(21)26(32-19-5-6-27-13-19)34-25(33-20)17-4-7-29-22(12-17)31-18-2-3-23(30-14-18)35-8-10-37-11-9-35/h2-4,7,12,14-16,19,27H,5-6,8-11,13H2,1H3,(H,29,31)(H,32,33,34)/t19-/m1/s1. The van der Waals surface area contributed by atoms with E-state index >= 15 is 0 Å². The molecular weight excluding hydrogens is 470 g/mol. The minimum Gasteiger partial charge on any atom is -0.494 e. The molecule has 190 valence electrons. The molecule has 2 aliphatic rings. The van der Waals surface area contributed by atoms with E-state index in [1.165, 1.54) is 0 Å². The van der Waals surface area contributed by atoms with Crippen LogP contribution in [0.1, 0.15) is 6.42 Å². The van der Waals surface area contributed by atoms with Crippen LogP contribution in [0.3, 0.4) is 0 Å². The van der Waals surface area contributed by atoms with Crippen molar-refractivity contribution in [3.05, 3.63) is 49.1 Å². The van der Waals surface area contributed by atoms with E-state index in [9.17, 15) is 0 Å². The van der Waals surface area contributed by atoms with Crippen LogP contribution < -0.4 is 25.6 Å². The van der Waals surface area contributed by atoms with E-state index in [2.05, 4.69) is 35.8 Å². The third-order valence-electron chi connectivity index (χ3n) is 6.57. The highest BCUT2D eigenvalue weighted by molar-refractivity contribution is 5.95. The zero-order valence-corrected chi connectivity index (χ0v) is 20.6. The molecule has 0 aliphatic carbocycles. The summed E-state index contributed by atoms with van der Waals surface area (Å²) < 4.78 is 11.0. The van der Waals surface area contributed by atoms with Gasteiger partial charge in [-0.1, -0.05) is 0 Å². The van der Waals surface area contributed by atoms with Gasteiger partial charge >= 0.3 is 0 Å². The number of pyridine rings is 3. The third-order valence-corrected chi connectivity index (χ3v) is 6.57. The summed E-state index contributed by atoms with van der Waals surface area (Å²) in [6.45, 7) is 5.03. The molecule has 0 radical (unpaired) electrons. The van der Waals surface area contributed by atoms with Crippen LogP contribution >= 0.6 is 0 Å². The first kappa shape index (κ1) is 23.3. The Morgan fingerprint density at radius 3 is 2.78 bits per heavy atom. The number of hydrogen-bond donors (Lipinski definition) is 3. The molecule has 0 bridgehead atoms. The zero-order valence-electron chi connectivity index (χ0n) is 20.6. The highest BCUT2D eigenvalue weighted by Crippen LogP contribution is 2.32. The van der Waals surface area contributed by atoms with Crippen LogP contribution in [0, 0.1) is 0 Å². The van der Waals surface area contributed by atoms with E-state index in [0.29, 0.717) is 22.9 Å². The molecule has 0 spiro atoms. The van der Waals surface area contributed by atoms with E-state index in [1.54, 1.807) is 25.7 Å². The maximum atomic E-state index is 5.58. The van der Waals surface area contributed by atoms with Crippen molar-refractivity contribution in [2.45, 2.75) is 12.5 Å². The van der Waals surface area contributed by atoms with Crippen LogP contribution in [0.25, 0.3) is 22.3 Å². The summed E-state index contributed by atoms with van der Waals surface area (Å²) in [6.07, 6.45) is 8.02. The van der Waals surface area contributed by atoms with Gasteiger partial charge in [0.05, 0.1) is 55.5 Å². The lowest BCUT2D eigenvalue weighted by atomic mass is 10.2. The molecule has 37 heavy (non-hydrogen) atoms. The fourth-order valence-corrected chi connectivity index (χ4v) is 4.64. The first-order chi connectivity index (χ1) is 18.3. The zero-order chi connectivity index (χ0) is 25.0. The van der Waals surface area contributed by atoms with Gasteiger partial charge in [0.25, 0.3) is 0 Å². The van der Waals surface area contributed by atoms with Crippen molar-refractivity contribution < 1.29 is 9.47 Å². The predicted octanol–water partition coefficient (Wildman–Crippen LogP) is 2.84. The van der Waals surface area contributed by atoms with Gasteiger partial charge in [0.15, 0.2) is 5.82 Å². The summed E-state index contributed by atoms with van der Waals surface area (Å²) in [5.74, 6) is 3.59. The molecule has 0 unspecified atom stereocenters. The molecule has 11 heteroatoms. The Kier molecular flexibility index (Phi) is 6.61. The molecule has 1 atom stereocenters. The lowest BCUT2D eigenvalue weighted by Crippen LogP contribution is -2.36. The van der Waals surface area contributed by atoms with Crippen molar-refractivity contribution in [3.8, 4) is 17.1 Å². The number of ether oxygens (including phenoxy) is 2. The molecule has 0 aromatic carbocycles. The number of rotatable bonds is 7. The highest BCUT2D eigenvalue weighted by atomic mass is 16.5. The number of methoxy groups -OCH3 is 1. The molecule has 2 fully saturated rings. The maximum absolute atomic E-state index is 5.58. The summed E-state index contributed by atoms with van der Waals surface area (Å²) in [6, 6.07) is 8.15. The number of morpholine rings is 1. The van der Waals surface area contributed by atoms with Crippen molar-refractivity contribution in [1.29, 1.82) is 0 Å². The van der Waals surface area contributed by atoms with E-state index in [0.717, 1.165) is 74.1 Å². The average Bonchev–Trinajstić information content (AvgIpc) is 3.47. The number of nitrogens with zero attached hydrogens (tertiary/aromatic N) is 6. The van der Waals surface area contributed by atoms with Crippen LogP contribution in [0.15, 0.2) is 49.1 Å². The summed E-state index contributed by atoms with van der Waals surface area (Å²) in [7, 11) is 1.63. The molecule has 3 N–H and O–H groups in total. The lowest BCUT2D eigenvalue weighted by molar-refractivity contribution is 0.122. The molecule has 6 heterocycles. The predicted molar refractivity (Wildman–Crippen MR) is 143 cm³/mol. The van der Waals surface area contributed by atoms with E-state index in [1.807, 2.05) is 30.5 Å². The highest BCUT2D eigenvalue weighted by Gasteiger charge is 2.20. The molecule has 2 saturated heterocycles. The summed E-state index contributed by atoms with van der Waals surface area (Å²) in [4.78, 5) is 25.4. The summed E-state index contributed by atoms with van der Waals surface area (Å²) in [5.41, 5.74) is 2.41. The molecule has 0 saturated carbocycles. The van der Waals surface area contributed by atoms with Gasteiger partial charge in [-0.25, -0.2) is 19.9 Å². The molecular formula is C26H29N9O2. The van der Waals surface area contributed by atoms with Crippen molar-refractivity contribution in [1.82, 2.24) is 30.2 Å². The molecule has 2 aliphatic heterocycles. The van der Waals surface area contributed by atoms with Gasteiger partial charge in [-0.05, 0) is 37.2 Å². The Bertz CT molecular complexity index is 1370. The summed E-state index contributed by atoms with van der Waals surface area (Å²) >= 11 is 0. The second-order valence-electron chi connectivity index (χ2n) is 9.03. The SMILES string of the molecule is COc1cncc2nc(-c3ccnc(Nc4ccc(N5CCOCC5)nc4)c3)nc(N[C@@H]3CCNC3)c12. The monoisotopic (exact) mass is 499 g/mol. The maximum Gasteiger partial charge on any atom is 0.162 e. The second-order valence-corrected chi connectivity index (χ2v) is 9.03. The molecule has 4 aromatic heterocycles. The average molecular weight is 500 g/mol. The van der Waals surface area contributed by atoms with Crippen LogP contribution in [-0.4, -0.2) is 77.5 Å². The van der Waals surface area contributed by atoms with Gasteiger partial charge in [0.2, 0.25) is 0 Å². The minimum atomic E-state index is 0.284. The van der Waals surface area contributed by atoms with Crippen molar-refractivity contribution >= 4 is 34.0 Å². The Labute approximate surface area is 214 Å². The van der Waals surface area contributed by atoms with Crippen molar-refractivity contribution in [2.75, 3.05) is 62.0 Å². The lowest BCUT2D eigenvalue weighted by Gasteiger charge is -2.27. The normalized spacial score (nSPS) is 17.6. The van der Waals surface area contributed by atoms with Gasteiger partial charge < -0.3 is 30.3 Å².